The normalized spacial score (nSPS) is 11.9. The molecule has 98 valence electrons. The van der Waals surface area contributed by atoms with Crippen LogP contribution in [0.1, 0.15) is 12.5 Å². The van der Waals surface area contributed by atoms with Gasteiger partial charge in [0.15, 0.2) is 0 Å². The van der Waals surface area contributed by atoms with Crippen molar-refractivity contribution in [1.82, 2.24) is 10.3 Å². The van der Waals surface area contributed by atoms with Crippen LogP contribution in [0.4, 0.5) is 0 Å². The molecular weight excluding hydrogens is 276 g/mol. The third-order valence-corrected chi connectivity index (χ3v) is 3.33. The summed E-state index contributed by atoms with van der Waals surface area (Å²) in [5.74, 6) is -0.471. The Hall–Kier alpha value is -1.27. The average Bonchev–Trinajstić information content (AvgIpc) is 2.27. The fraction of sp³-hybridized carbons (Fsp3) is 0.364. The van der Waals surface area contributed by atoms with E-state index in [9.17, 15) is 9.59 Å². The number of amides is 1. The maximum absolute atomic E-state index is 10.9. The van der Waals surface area contributed by atoms with E-state index in [-0.39, 0.29) is 5.91 Å². The van der Waals surface area contributed by atoms with Gasteiger partial charge in [0.05, 0.1) is 0 Å². The third kappa shape index (κ3) is 5.37. The van der Waals surface area contributed by atoms with E-state index in [0.29, 0.717) is 16.7 Å². The molecule has 0 fully saturated rings. The van der Waals surface area contributed by atoms with Crippen LogP contribution in [-0.4, -0.2) is 33.8 Å². The first-order valence-corrected chi connectivity index (χ1v) is 6.70. The van der Waals surface area contributed by atoms with Crippen LogP contribution >= 0.6 is 23.4 Å². The summed E-state index contributed by atoms with van der Waals surface area (Å²) in [5.41, 5.74) is 0.965. The second kappa shape index (κ2) is 7.23. The minimum absolute atomic E-state index is 0.300. The molecule has 0 aromatic carbocycles. The van der Waals surface area contributed by atoms with Crippen LogP contribution in [-0.2, 0) is 15.3 Å². The first-order valence-electron chi connectivity index (χ1n) is 5.17. The van der Waals surface area contributed by atoms with Crippen molar-refractivity contribution in [2.75, 3.05) is 5.75 Å². The van der Waals surface area contributed by atoms with E-state index in [1.54, 1.807) is 12.3 Å². The summed E-state index contributed by atoms with van der Waals surface area (Å²) in [6.45, 7) is 1.29. The second-order valence-corrected chi connectivity index (χ2v) is 5.01. The number of rotatable bonds is 6. The molecule has 1 aromatic heterocycles. The Morgan fingerprint density at radius 3 is 2.89 bits per heavy atom. The lowest BCUT2D eigenvalue weighted by Crippen LogP contribution is -2.41. The summed E-state index contributed by atoms with van der Waals surface area (Å²) in [6, 6.07) is 2.67. The Morgan fingerprint density at radius 2 is 2.33 bits per heavy atom. The van der Waals surface area contributed by atoms with Gasteiger partial charge >= 0.3 is 5.97 Å². The molecule has 1 aromatic rings. The first-order chi connectivity index (χ1) is 8.49. The van der Waals surface area contributed by atoms with Crippen LogP contribution in [0, 0.1) is 0 Å². The number of aromatic nitrogens is 1. The molecule has 7 heteroatoms. The highest BCUT2D eigenvalue weighted by Gasteiger charge is 2.17. The number of hydrogen-bond donors (Lipinski definition) is 2. The quantitative estimate of drug-likeness (QED) is 0.777. The predicted molar refractivity (Wildman–Crippen MR) is 70.6 cm³/mol. The average molecular weight is 289 g/mol. The maximum atomic E-state index is 10.9. The van der Waals surface area contributed by atoms with Gasteiger partial charge in [0.2, 0.25) is 5.91 Å². The summed E-state index contributed by atoms with van der Waals surface area (Å²) in [5, 5.41) is 11.7. The van der Waals surface area contributed by atoms with Crippen LogP contribution in [0.25, 0.3) is 0 Å². The molecule has 0 unspecified atom stereocenters. The number of carbonyl (C=O) groups excluding carboxylic acids is 1. The Balaban J connectivity index is 2.43. The fourth-order valence-corrected chi connectivity index (χ4v) is 2.44. The molecule has 1 heterocycles. The van der Waals surface area contributed by atoms with Crippen molar-refractivity contribution in [1.29, 1.82) is 0 Å². The van der Waals surface area contributed by atoms with Gasteiger partial charge in [-0.15, -0.1) is 0 Å². The zero-order chi connectivity index (χ0) is 13.5. The molecule has 1 amide bonds. The van der Waals surface area contributed by atoms with Crippen LogP contribution in [0.2, 0.25) is 5.15 Å². The van der Waals surface area contributed by atoms with E-state index >= 15 is 0 Å². The molecule has 0 spiro atoms. The number of pyridine rings is 1. The first kappa shape index (κ1) is 14.8. The standard InChI is InChI=1S/C11H13ClN2O3S/c1-7(15)14-9(11(16)17)6-18-5-8-2-3-13-10(12)4-8/h2-4,9H,5-6H2,1H3,(H,14,15)(H,16,17)/t9-/m0/s1. The predicted octanol–water partition coefficient (Wildman–Crippen LogP) is 1.56. The molecule has 1 rings (SSSR count). The van der Waals surface area contributed by atoms with Crippen LogP contribution in [0.5, 0.6) is 0 Å². The van der Waals surface area contributed by atoms with E-state index < -0.39 is 12.0 Å². The van der Waals surface area contributed by atoms with Gasteiger partial charge in [-0.3, -0.25) is 4.79 Å². The molecular formula is C11H13ClN2O3S. The highest BCUT2D eigenvalue weighted by molar-refractivity contribution is 7.98. The van der Waals surface area contributed by atoms with Gasteiger partial charge in [-0.2, -0.15) is 11.8 Å². The topological polar surface area (TPSA) is 79.3 Å². The number of nitrogens with zero attached hydrogens (tertiary/aromatic N) is 1. The molecule has 0 aliphatic heterocycles. The molecule has 2 N–H and O–H groups in total. The number of hydrogen-bond acceptors (Lipinski definition) is 4. The monoisotopic (exact) mass is 288 g/mol. The van der Waals surface area contributed by atoms with Crippen molar-refractivity contribution in [2.45, 2.75) is 18.7 Å². The van der Waals surface area contributed by atoms with Crippen molar-refractivity contribution in [3.8, 4) is 0 Å². The number of carboxylic acids is 1. The number of halogens is 1. The second-order valence-electron chi connectivity index (χ2n) is 3.59. The molecule has 0 bridgehead atoms. The van der Waals surface area contributed by atoms with E-state index in [1.807, 2.05) is 6.07 Å². The highest BCUT2D eigenvalue weighted by Crippen LogP contribution is 2.15. The Kier molecular flexibility index (Phi) is 5.94. The van der Waals surface area contributed by atoms with Crippen molar-refractivity contribution in [3.63, 3.8) is 0 Å². The lowest BCUT2D eigenvalue weighted by Gasteiger charge is -2.12. The summed E-state index contributed by atoms with van der Waals surface area (Å²) in [6.07, 6.45) is 1.60. The highest BCUT2D eigenvalue weighted by atomic mass is 35.5. The van der Waals surface area contributed by atoms with E-state index in [0.717, 1.165) is 5.56 Å². The van der Waals surface area contributed by atoms with Crippen molar-refractivity contribution in [2.24, 2.45) is 0 Å². The SMILES string of the molecule is CC(=O)N[C@@H](CSCc1ccnc(Cl)c1)C(=O)O. The minimum atomic E-state index is -1.04. The Bertz CT molecular complexity index is 442. The third-order valence-electron chi connectivity index (χ3n) is 2.02. The molecule has 1 atom stereocenters. The summed E-state index contributed by atoms with van der Waals surface area (Å²) in [7, 11) is 0. The van der Waals surface area contributed by atoms with Crippen molar-refractivity contribution in [3.05, 3.63) is 29.0 Å². The smallest absolute Gasteiger partial charge is 0.327 e. The minimum Gasteiger partial charge on any atom is -0.480 e. The van der Waals surface area contributed by atoms with Gasteiger partial charge in [-0.1, -0.05) is 11.6 Å². The van der Waals surface area contributed by atoms with Gasteiger partial charge in [-0.05, 0) is 17.7 Å². The van der Waals surface area contributed by atoms with Gasteiger partial charge in [-0.25, -0.2) is 9.78 Å². The summed E-state index contributed by atoms with van der Waals surface area (Å²) < 4.78 is 0. The molecule has 0 aliphatic rings. The Morgan fingerprint density at radius 1 is 1.61 bits per heavy atom. The number of carboxylic acid groups (broad SMARTS) is 1. The van der Waals surface area contributed by atoms with Crippen LogP contribution < -0.4 is 5.32 Å². The fourth-order valence-electron chi connectivity index (χ4n) is 1.25. The molecule has 5 nitrogen and oxygen atoms in total. The van der Waals surface area contributed by atoms with E-state index in [1.165, 1.54) is 18.7 Å². The number of aliphatic carboxylic acids is 1. The Labute approximate surface area is 114 Å². The van der Waals surface area contributed by atoms with Crippen LogP contribution in [0.3, 0.4) is 0 Å². The van der Waals surface area contributed by atoms with Gasteiger partial charge in [0.1, 0.15) is 11.2 Å². The molecule has 0 aliphatic carbocycles. The summed E-state index contributed by atoms with van der Waals surface area (Å²) >= 11 is 7.15. The van der Waals surface area contributed by atoms with Crippen molar-refractivity contribution < 1.29 is 14.7 Å². The summed E-state index contributed by atoms with van der Waals surface area (Å²) in [4.78, 5) is 25.6. The molecule has 0 saturated heterocycles. The zero-order valence-corrected chi connectivity index (χ0v) is 11.3. The molecule has 0 radical (unpaired) electrons. The molecule has 0 saturated carbocycles. The van der Waals surface area contributed by atoms with E-state index in [4.69, 9.17) is 16.7 Å². The largest absolute Gasteiger partial charge is 0.480 e. The number of nitrogens with one attached hydrogen (secondary N) is 1. The lowest BCUT2D eigenvalue weighted by atomic mass is 10.3. The molecule has 18 heavy (non-hydrogen) atoms. The maximum Gasteiger partial charge on any atom is 0.327 e. The van der Waals surface area contributed by atoms with Gasteiger partial charge in [0.25, 0.3) is 0 Å². The lowest BCUT2D eigenvalue weighted by molar-refractivity contribution is -0.140. The van der Waals surface area contributed by atoms with Gasteiger partial charge in [0, 0.05) is 24.6 Å². The van der Waals surface area contributed by atoms with Crippen molar-refractivity contribution >= 4 is 35.2 Å². The van der Waals surface area contributed by atoms with E-state index in [2.05, 4.69) is 10.3 Å². The van der Waals surface area contributed by atoms with Gasteiger partial charge < -0.3 is 10.4 Å². The zero-order valence-electron chi connectivity index (χ0n) is 9.72. The number of thioether (sulfide) groups is 1. The van der Waals surface area contributed by atoms with Crippen LogP contribution in [0.15, 0.2) is 18.3 Å². The number of carbonyl (C=O) groups is 2.